The van der Waals surface area contributed by atoms with Gasteiger partial charge in [0.15, 0.2) is 17.3 Å². The molecule has 0 spiro atoms. The number of hydrogen-bond acceptors (Lipinski definition) is 7. The summed E-state index contributed by atoms with van der Waals surface area (Å²) in [7, 11) is 0. The van der Waals surface area contributed by atoms with Crippen molar-refractivity contribution in [1.29, 1.82) is 0 Å². The van der Waals surface area contributed by atoms with Crippen molar-refractivity contribution in [3.05, 3.63) is 59.7 Å². The predicted molar refractivity (Wildman–Crippen MR) is 87.1 cm³/mol. The van der Waals surface area contributed by atoms with Gasteiger partial charge in [0.25, 0.3) is 0 Å². The lowest BCUT2D eigenvalue weighted by Crippen LogP contribution is -1.98. The maximum absolute atomic E-state index is 11.8. The molecule has 2 aromatic rings. The second-order valence-corrected chi connectivity index (χ2v) is 4.83. The van der Waals surface area contributed by atoms with E-state index in [4.69, 9.17) is 0 Å². The maximum Gasteiger partial charge on any atom is 0.179 e. The molecule has 0 unspecified atom stereocenters. The second kappa shape index (κ2) is 7.77. The normalized spacial score (nSPS) is 11.1. The molecular weight excluding hydrogens is 308 g/mol. The Morgan fingerprint density at radius 1 is 0.708 bits per heavy atom. The summed E-state index contributed by atoms with van der Waals surface area (Å²) >= 11 is 0. The van der Waals surface area contributed by atoms with Gasteiger partial charge in [-0.15, -0.1) is 0 Å². The minimum Gasteiger partial charge on any atom is -0.293 e. The quantitative estimate of drug-likeness (QED) is 0.591. The van der Waals surface area contributed by atoms with E-state index in [1.807, 2.05) is 0 Å². The number of nitrogens with zero attached hydrogens (tertiary/aromatic N) is 4. The largest absolute Gasteiger partial charge is 0.293 e. The molecule has 0 bridgehead atoms. The van der Waals surface area contributed by atoms with E-state index in [1.54, 1.807) is 0 Å². The molecule has 0 radical (unpaired) electrons. The fourth-order valence-corrected chi connectivity index (χ4v) is 1.60. The molecule has 2 heterocycles. The average molecular weight is 322 g/mol. The third kappa shape index (κ3) is 4.84. The van der Waals surface area contributed by atoms with E-state index in [1.165, 1.54) is 62.9 Å². The minimum atomic E-state index is -0.273. The number of carbonyl (C=O) groups excluding carboxylic acids is 3. The van der Waals surface area contributed by atoms with Crippen LogP contribution in [0.2, 0.25) is 0 Å². The van der Waals surface area contributed by atoms with Gasteiger partial charge in [-0.3, -0.25) is 24.4 Å². The van der Waals surface area contributed by atoms with Gasteiger partial charge >= 0.3 is 0 Å². The van der Waals surface area contributed by atoms with Crippen molar-refractivity contribution in [2.24, 2.45) is 0 Å². The van der Waals surface area contributed by atoms with E-state index >= 15 is 0 Å². The smallest absolute Gasteiger partial charge is 0.179 e. The van der Waals surface area contributed by atoms with Crippen LogP contribution in [0.1, 0.15) is 46.2 Å². The minimum absolute atomic E-state index is 0.172. The highest BCUT2D eigenvalue weighted by atomic mass is 16.1. The number of carbonyl (C=O) groups is 3. The molecule has 0 saturated carbocycles. The third-order valence-corrected chi connectivity index (χ3v) is 2.90. The van der Waals surface area contributed by atoms with Crippen molar-refractivity contribution < 1.29 is 14.4 Å². The van der Waals surface area contributed by atoms with Gasteiger partial charge < -0.3 is 0 Å². The Morgan fingerprint density at radius 3 is 1.42 bits per heavy atom. The lowest BCUT2D eigenvalue weighted by molar-refractivity contribution is -0.110. The SMILES string of the molecule is CC(=O)c1cnc(C=CC(=O)C=Cc2cnc(C(C)=O)cn2)cn1. The third-order valence-electron chi connectivity index (χ3n) is 2.90. The van der Waals surface area contributed by atoms with Gasteiger partial charge in [-0.1, -0.05) is 0 Å². The van der Waals surface area contributed by atoms with E-state index in [-0.39, 0.29) is 28.7 Å². The number of Topliss-reactive ketones (excluding diaryl/α,β-unsaturated/α-hetero) is 2. The number of ketones is 3. The molecule has 0 saturated heterocycles. The highest BCUT2D eigenvalue weighted by Gasteiger charge is 2.01. The predicted octanol–water partition coefficient (Wildman–Crippen LogP) is 1.97. The first-order valence-corrected chi connectivity index (χ1v) is 7.02. The molecule has 0 aliphatic heterocycles. The average Bonchev–Trinajstić information content (AvgIpc) is 2.58. The fourth-order valence-electron chi connectivity index (χ4n) is 1.60. The Kier molecular flexibility index (Phi) is 5.51. The Morgan fingerprint density at radius 2 is 1.12 bits per heavy atom. The highest BCUT2D eigenvalue weighted by molar-refractivity contribution is 6.04. The monoisotopic (exact) mass is 322 g/mol. The van der Waals surface area contributed by atoms with E-state index in [0.29, 0.717) is 11.4 Å². The maximum atomic E-state index is 11.8. The zero-order valence-corrected chi connectivity index (χ0v) is 13.1. The molecule has 2 rings (SSSR count). The summed E-state index contributed by atoms with van der Waals surface area (Å²) in [5.74, 6) is -0.618. The molecule has 2 aromatic heterocycles. The van der Waals surface area contributed by atoms with Crippen molar-refractivity contribution in [2.75, 3.05) is 0 Å². The lowest BCUT2D eigenvalue weighted by Gasteiger charge is -1.95. The molecule has 0 aliphatic carbocycles. The Balaban J connectivity index is 1.98. The number of aromatic nitrogens is 4. The van der Waals surface area contributed by atoms with Crippen LogP contribution in [0.15, 0.2) is 36.9 Å². The second-order valence-electron chi connectivity index (χ2n) is 4.83. The summed E-state index contributed by atoms with van der Waals surface area (Å²) in [6.07, 6.45) is 11.2. The summed E-state index contributed by atoms with van der Waals surface area (Å²) in [5, 5.41) is 0. The van der Waals surface area contributed by atoms with Crippen LogP contribution in [0.25, 0.3) is 12.2 Å². The van der Waals surface area contributed by atoms with Crippen LogP contribution in [-0.4, -0.2) is 37.3 Å². The van der Waals surface area contributed by atoms with Crippen LogP contribution >= 0.6 is 0 Å². The molecule has 0 aliphatic rings. The van der Waals surface area contributed by atoms with Crippen LogP contribution in [0.5, 0.6) is 0 Å². The molecule has 0 aromatic carbocycles. The summed E-state index contributed by atoms with van der Waals surface area (Å²) in [6.45, 7) is 2.80. The molecule has 120 valence electrons. The highest BCUT2D eigenvalue weighted by Crippen LogP contribution is 2.01. The standard InChI is InChI=1S/C17H14N4O3/c1-11(22)16-9-18-13(7-20-16)3-5-15(24)6-4-14-8-21-17(10-19-14)12(2)23/h3-10H,1-2H3. The Hall–Kier alpha value is -3.35. The van der Waals surface area contributed by atoms with Crippen molar-refractivity contribution in [1.82, 2.24) is 19.9 Å². The van der Waals surface area contributed by atoms with Crippen LogP contribution in [0, 0.1) is 0 Å². The van der Waals surface area contributed by atoms with Gasteiger partial charge in [0.1, 0.15) is 11.4 Å². The van der Waals surface area contributed by atoms with Crippen molar-refractivity contribution >= 4 is 29.5 Å². The molecule has 7 heteroatoms. The van der Waals surface area contributed by atoms with Crippen LogP contribution in [-0.2, 0) is 4.79 Å². The van der Waals surface area contributed by atoms with Gasteiger partial charge in [0.05, 0.1) is 36.2 Å². The fraction of sp³-hybridized carbons (Fsp3) is 0.118. The molecule has 0 atom stereocenters. The van der Waals surface area contributed by atoms with E-state index in [2.05, 4.69) is 19.9 Å². The lowest BCUT2D eigenvalue weighted by atomic mass is 10.2. The molecular formula is C17H14N4O3. The van der Waals surface area contributed by atoms with Crippen molar-refractivity contribution in [3.8, 4) is 0 Å². The van der Waals surface area contributed by atoms with Gasteiger partial charge in [0, 0.05) is 13.8 Å². The summed E-state index contributed by atoms with van der Waals surface area (Å²) in [4.78, 5) is 49.8. The summed E-state index contributed by atoms with van der Waals surface area (Å²) < 4.78 is 0. The first-order chi connectivity index (χ1) is 11.5. The van der Waals surface area contributed by atoms with Crippen LogP contribution in [0.3, 0.4) is 0 Å². The molecule has 0 N–H and O–H groups in total. The Labute approximate surface area is 138 Å². The van der Waals surface area contributed by atoms with E-state index in [0.717, 1.165) is 0 Å². The molecule has 0 fully saturated rings. The number of rotatable bonds is 6. The van der Waals surface area contributed by atoms with Crippen LogP contribution < -0.4 is 0 Å². The van der Waals surface area contributed by atoms with Crippen molar-refractivity contribution in [2.45, 2.75) is 13.8 Å². The summed E-state index contributed by atoms with van der Waals surface area (Å²) in [6, 6.07) is 0. The van der Waals surface area contributed by atoms with E-state index in [9.17, 15) is 14.4 Å². The Bertz CT molecular complexity index is 752. The van der Waals surface area contributed by atoms with Crippen LogP contribution in [0.4, 0.5) is 0 Å². The number of allylic oxidation sites excluding steroid dienone is 2. The molecule has 24 heavy (non-hydrogen) atoms. The summed E-state index contributed by atoms with van der Waals surface area (Å²) in [5.41, 5.74) is 1.47. The topological polar surface area (TPSA) is 103 Å². The number of hydrogen-bond donors (Lipinski definition) is 0. The zero-order chi connectivity index (χ0) is 17.5. The first kappa shape index (κ1) is 17.0. The van der Waals surface area contributed by atoms with Gasteiger partial charge in [0.2, 0.25) is 0 Å². The van der Waals surface area contributed by atoms with Gasteiger partial charge in [-0.25, -0.2) is 9.97 Å². The molecule has 0 amide bonds. The van der Waals surface area contributed by atoms with Gasteiger partial charge in [-0.05, 0) is 24.3 Å². The molecule has 7 nitrogen and oxygen atoms in total. The van der Waals surface area contributed by atoms with Crippen molar-refractivity contribution in [3.63, 3.8) is 0 Å². The van der Waals surface area contributed by atoms with E-state index < -0.39 is 0 Å². The van der Waals surface area contributed by atoms with Gasteiger partial charge in [-0.2, -0.15) is 0 Å². The zero-order valence-electron chi connectivity index (χ0n) is 13.1. The first-order valence-electron chi connectivity index (χ1n) is 7.02.